The van der Waals surface area contributed by atoms with Crippen molar-refractivity contribution >= 4 is 17.1 Å². The Hall–Kier alpha value is -1.91. The zero-order chi connectivity index (χ0) is 15.1. The van der Waals surface area contributed by atoms with Crippen LogP contribution in [-0.4, -0.2) is 38.4 Å². The third kappa shape index (κ3) is 2.28. The third-order valence-electron chi connectivity index (χ3n) is 4.77. The average Bonchev–Trinajstić information content (AvgIpc) is 3.16. The molecule has 1 atom stereocenters. The molecule has 22 heavy (non-hydrogen) atoms. The summed E-state index contributed by atoms with van der Waals surface area (Å²) >= 11 is 0. The molecule has 1 saturated carbocycles. The van der Waals surface area contributed by atoms with E-state index in [1.54, 1.807) is 0 Å². The summed E-state index contributed by atoms with van der Waals surface area (Å²) in [6, 6.07) is 3.97. The lowest BCUT2D eigenvalue weighted by atomic mass is 10.1. The standard InChI is InChI=1S/C17H22N4O/c1-2-9-21-15(19-14-4-3-8-18-16(14)21)13-7-10-20(11-13)17(22)12-5-6-12/h3-4,8,12-13H,2,5-7,9-11H2,1H3/t13-/m0/s1. The van der Waals surface area contributed by atoms with E-state index in [1.165, 1.54) is 0 Å². The maximum absolute atomic E-state index is 12.3. The van der Waals surface area contributed by atoms with Gasteiger partial charge < -0.3 is 9.47 Å². The van der Waals surface area contributed by atoms with E-state index >= 15 is 0 Å². The monoisotopic (exact) mass is 298 g/mol. The van der Waals surface area contributed by atoms with Gasteiger partial charge in [-0.25, -0.2) is 9.97 Å². The van der Waals surface area contributed by atoms with Crippen molar-refractivity contribution in [1.29, 1.82) is 0 Å². The van der Waals surface area contributed by atoms with Crippen LogP contribution >= 0.6 is 0 Å². The minimum absolute atomic E-state index is 0.315. The van der Waals surface area contributed by atoms with Gasteiger partial charge in [0.25, 0.3) is 0 Å². The second-order valence-corrected chi connectivity index (χ2v) is 6.51. The first-order valence-electron chi connectivity index (χ1n) is 8.38. The highest BCUT2D eigenvalue weighted by Crippen LogP contribution is 2.35. The third-order valence-corrected chi connectivity index (χ3v) is 4.77. The first kappa shape index (κ1) is 13.7. The van der Waals surface area contributed by atoms with Crippen LogP contribution < -0.4 is 0 Å². The molecule has 1 aliphatic carbocycles. The highest BCUT2D eigenvalue weighted by Gasteiger charge is 2.38. The second-order valence-electron chi connectivity index (χ2n) is 6.51. The summed E-state index contributed by atoms with van der Waals surface area (Å²) in [4.78, 5) is 23.6. The molecular weight excluding hydrogens is 276 g/mol. The molecular formula is C17H22N4O. The molecule has 2 fully saturated rings. The average molecular weight is 298 g/mol. The minimum Gasteiger partial charge on any atom is -0.342 e. The molecule has 116 valence electrons. The van der Waals surface area contributed by atoms with Gasteiger partial charge in [0.05, 0.1) is 0 Å². The van der Waals surface area contributed by atoms with E-state index in [2.05, 4.69) is 16.5 Å². The van der Waals surface area contributed by atoms with Gasteiger partial charge in [-0.1, -0.05) is 6.92 Å². The van der Waals surface area contributed by atoms with Crippen LogP contribution in [-0.2, 0) is 11.3 Å². The van der Waals surface area contributed by atoms with Crippen molar-refractivity contribution in [2.24, 2.45) is 5.92 Å². The molecule has 0 radical (unpaired) electrons. The maximum atomic E-state index is 12.3. The normalized spacial score (nSPS) is 21.7. The second kappa shape index (κ2) is 5.38. The van der Waals surface area contributed by atoms with Crippen molar-refractivity contribution in [2.75, 3.05) is 13.1 Å². The minimum atomic E-state index is 0.315. The van der Waals surface area contributed by atoms with Gasteiger partial charge in [-0.05, 0) is 37.8 Å². The molecule has 5 heteroatoms. The van der Waals surface area contributed by atoms with E-state index in [0.717, 1.165) is 62.3 Å². The van der Waals surface area contributed by atoms with Gasteiger partial charge in [0, 0.05) is 37.7 Å². The van der Waals surface area contributed by atoms with E-state index in [-0.39, 0.29) is 0 Å². The molecule has 2 aromatic heterocycles. The van der Waals surface area contributed by atoms with E-state index in [0.29, 0.717) is 17.7 Å². The Bertz CT molecular complexity index is 704. The lowest BCUT2D eigenvalue weighted by Crippen LogP contribution is -2.30. The van der Waals surface area contributed by atoms with E-state index < -0.39 is 0 Å². The van der Waals surface area contributed by atoms with Gasteiger partial charge in [-0.3, -0.25) is 4.79 Å². The van der Waals surface area contributed by atoms with Crippen molar-refractivity contribution in [3.05, 3.63) is 24.2 Å². The molecule has 5 nitrogen and oxygen atoms in total. The molecule has 1 amide bonds. The predicted octanol–water partition coefficient (Wildman–Crippen LogP) is 2.57. The van der Waals surface area contributed by atoms with Crippen molar-refractivity contribution < 1.29 is 4.79 Å². The van der Waals surface area contributed by atoms with Crippen molar-refractivity contribution in [1.82, 2.24) is 19.4 Å². The lowest BCUT2D eigenvalue weighted by Gasteiger charge is -2.16. The summed E-state index contributed by atoms with van der Waals surface area (Å²) in [6.45, 7) is 4.82. The molecule has 0 unspecified atom stereocenters. The number of aryl methyl sites for hydroxylation is 1. The number of aromatic nitrogens is 3. The summed E-state index contributed by atoms with van der Waals surface area (Å²) in [7, 11) is 0. The fourth-order valence-electron chi connectivity index (χ4n) is 3.49. The van der Waals surface area contributed by atoms with Gasteiger partial charge in [-0.15, -0.1) is 0 Å². The van der Waals surface area contributed by atoms with Crippen LogP contribution in [0.4, 0.5) is 0 Å². The Morgan fingerprint density at radius 1 is 1.36 bits per heavy atom. The fraction of sp³-hybridized carbons (Fsp3) is 0.588. The van der Waals surface area contributed by atoms with Gasteiger partial charge in [-0.2, -0.15) is 0 Å². The molecule has 0 aromatic carbocycles. The van der Waals surface area contributed by atoms with Gasteiger partial charge >= 0.3 is 0 Å². The number of fused-ring (bicyclic) bond motifs is 1. The molecule has 2 aromatic rings. The van der Waals surface area contributed by atoms with Gasteiger partial charge in [0.1, 0.15) is 11.3 Å². The Morgan fingerprint density at radius 3 is 3.00 bits per heavy atom. The van der Waals surface area contributed by atoms with Crippen molar-refractivity contribution in [2.45, 2.75) is 45.1 Å². The lowest BCUT2D eigenvalue weighted by molar-refractivity contribution is -0.131. The summed E-state index contributed by atoms with van der Waals surface area (Å²) in [5, 5.41) is 0. The highest BCUT2D eigenvalue weighted by atomic mass is 16.2. The topological polar surface area (TPSA) is 51.0 Å². The summed E-state index contributed by atoms with van der Waals surface area (Å²) < 4.78 is 2.26. The number of hydrogen-bond donors (Lipinski definition) is 0. The first-order valence-corrected chi connectivity index (χ1v) is 8.38. The number of likely N-dealkylation sites (tertiary alicyclic amines) is 1. The van der Waals surface area contributed by atoms with E-state index in [4.69, 9.17) is 4.98 Å². The summed E-state index contributed by atoms with van der Waals surface area (Å²) in [5.41, 5.74) is 1.95. The number of pyridine rings is 1. The van der Waals surface area contributed by atoms with Crippen LogP contribution in [0, 0.1) is 5.92 Å². The Balaban J connectivity index is 1.63. The van der Waals surface area contributed by atoms with Crippen LogP contribution in [0.3, 0.4) is 0 Å². The van der Waals surface area contributed by atoms with Crippen molar-refractivity contribution in [3.8, 4) is 0 Å². The Morgan fingerprint density at radius 2 is 2.23 bits per heavy atom. The van der Waals surface area contributed by atoms with E-state index in [1.807, 2.05) is 23.2 Å². The number of amides is 1. The predicted molar refractivity (Wildman–Crippen MR) is 84.5 cm³/mol. The van der Waals surface area contributed by atoms with Crippen LogP contribution in [0.25, 0.3) is 11.2 Å². The zero-order valence-electron chi connectivity index (χ0n) is 13.0. The van der Waals surface area contributed by atoms with E-state index in [9.17, 15) is 4.79 Å². The maximum Gasteiger partial charge on any atom is 0.225 e. The van der Waals surface area contributed by atoms with Crippen LogP contribution in [0.15, 0.2) is 18.3 Å². The molecule has 1 aliphatic heterocycles. The molecule has 4 rings (SSSR count). The van der Waals surface area contributed by atoms with Crippen LogP contribution in [0.1, 0.15) is 44.3 Å². The quantitative estimate of drug-likeness (QED) is 0.871. The Labute approximate surface area is 130 Å². The molecule has 1 saturated heterocycles. The van der Waals surface area contributed by atoms with Crippen LogP contribution in [0.5, 0.6) is 0 Å². The van der Waals surface area contributed by atoms with Crippen molar-refractivity contribution in [3.63, 3.8) is 0 Å². The molecule has 2 aliphatic rings. The Kier molecular flexibility index (Phi) is 3.36. The molecule has 3 heterocycles. The van der Waals surface area contributed by atoms with Gasteiger partial charge in [0.15, 0.2) is 5.65 Å². The number of hydrogen-bond acceptors (Lipinski definition) is 3. The number of imidazole rings is 1. The van der Waals surface area contributed by atoms with Crippen LogP contribution in [0.2, 0.25) is 0 Å². The SMILES string of the molecule is CCCn1c([C@H]2CCN(C(=O)C3CC3)C2)nc2cccnc21. The molecule has 0 bridgehead atoms. The number of rotatable bonds is 4. The highest BCUT2D eigenvalue weighted by molar-refractivity contribution is 5.81. The fourth-order valence-corrected chi connectivity index (χ4v) is 3.49. The summed E-state index contributed by atoms with van der Waals surface area (Å²) in [6.07, 6.45) is 6.08. The summed E-state index contributed by atoms with van der Waals surface area (Å²) in [5.74, 6) is 2.14. The number of nitrogens with zero attached hydrogens (tertiary/aromatic N) is 4. The largest absolute Gasteiger partial charge is 0.342 e. The van der Waals surface area contributed by atoms with Gasteiger partial charge in [0.2, 0.25) is 5.91 Å². The smallest absolute Gasteiger partial charge is 0.225 e. The number of carbonyl (C=O) groups excluding carboxylic acids is 1. The molecule has 0 N–H and O–H groups in total. The molecule has 0 spiro atoms. The zero-order valence-corrected chi connectivity index (χ0v) is 13.0. The first-order chi connectivity index (χ1) is 10.8. The number of carbonyl (C=O) groups is 1.